The first-order chi connectivity index (χ1) is 18.6. The van der Waals surface area contributed by atoms with Crippen LogP contribution in [0.2, 0.25) is 5.02 Å². The lowest BCUT2D eigenvalue weighted by Gasteiger charge is -2.32. The predicted molar refractivity (Wildman–Crippen MR) is 153 cm³/mol. The Morgan fingerprint density at radius 2 is 1.62 bits per heavy atom. The minimum atomic E-state index is -4.20. The van der Waals surface area contributed by atoms with Crippen molar-refractivity contribution in [3.05, 3.63) is 88.9 Å². The topological polar surface area (TPSA) is 96.0 Å². The lowest BCUT2D eigenvalue weighted by Crippen LogP contribution is -2.51. The number of benzene rings is 3. The maximum absolute atomic E-state index is 14.0. The predicted octanol–water partition coefficient (Wildman–Crippen LogP) is 4.80. The molecule has 1 unspecified atom stereocenters. The molecule has 3 aromatic carbocycles. The summed E-state index contributed by atoms with van der Waals surface area (Å²) in [5.74, 6) is -0.617. The Kier molecular flexibility index (Phi) is 10.4. The number of anilines is 1. The van der Waals surface area contributed by atoms with Crippen LogP contribution in [-0.2, 0) is 26.2 Å². The molecule has 10 heteroatoms. The maximum atomic E-state index is 14.0. The van der Waals surface area contributed by atoms with Gasteiger partial charge in [0.2, 0.25) is 11.8 Å². The van der Waals surface area contributed by atoms with E-state index in [9.17, 15) is 18.0 Å². The molecule has 0 aliphatic rings. The van der Waals surface area contributed by atoms with E-state index in [1.807, 2.05) is 6.92 Å². The van der Waals surface area contributed by atoms with Gasteiger partial charge in [-0.15, -0.1) is 0 Å². The molecule has 0 aromatic heterocycles. The Hall–Kier alpha value is -3.56. The van der Waals surface area contributed by atoms with Crippen molar-refractivity contribution in [3.8, 4) is 5.75 Å². The zero-order valence-corrected chi connectivity index (χ0v) is 24.1. The Balaban J connectivity index is 2.09. The van der Waals surface area contributed by atoms with Crippen molar-refractivity contribution >= 4 is 39.1 Å². The smallest absolute Gasteiger partial charge is 0.264 e. The van der Waals surface area contributed by atoms with Gasteiger partial charge in [0.25, 0.3) is 10.0 Å². The summed E-state index contributed by atoms with van der Waals surface area (Å²) in [4.78, 5) is 28.1. The van der Waals surface area contributed by atoms with Gasteiger partial charge in [0, 0.05) is 18.1 Å². The fraction of sp³-hybridized carbons (Fsp3) is 0.310. The molecule has 208 valence electrons. The molecule has 0 bridgehead atoms. The molecular formula is C29H34ClN3O5S. The highest BCUT2D eigenvalue weighted by molar-refractivity contribution is 7.92. The van der Waals surface area contributed by atoms with Crippen molar-refractivity contribution in [2.75, 3.05) is 24.0 Å². The lowest BCUT2D eigenvalue weighted by atomic mass is 10.1. The van der Waals surface area contributed by atoms with Crippen LogP contribution in [0.1, 0.15) is 31.9 Å². The molecule has 0 heterocycles. The van der Waals surface area contributed by atoms with E-state index in [2.05, 4.69) is 5.32 Å². The van der Waals surface area contributed by atoms with Crippen molar-refractivity contribution in [2.45, 2.75) is 45.2 Å². The fourth-order valence-corrected chi connectivity index (χ4v) is 5.63. The number of carbonyl (C=O) groups excluding carboxylic acids is 2. The van der Waals surface area contributed by atoms with E-state index < -0.39 is 28.5 Å². The van der Waals surface area contributed by atoms with Crippen molar-refractivity contribution in [2.24, 2.45) is 0 Å². The number of nitrogens with zero attached hydrogens (tertiary/aromatic N) is 2. The summed E-state index contributed by atoms with van der Waals surface area (Å²) in [7, 11) is -4.20. The average molecular weight is 572 g/mol. The number of halogens is 1. The Labute approximate surface area is 235 Å². The van der Waals surface area contributed by atoms with Crippen LogP contribution in [0.25, 0.3) is 0 Å². The minimum absolute atomic E-state index is 0.0162. The molecule has 0 fully saturated rings. The van der Waals surface area contributed by atoms with Gasteiger partial charge < -0.3 is 15.0 Å². The highest BCUT2D eigenvalue weighted by Crippen LogP contribution is 2.33. The van der Waals surface area contributed by atoms with E-state index in [4.69, 9.17) is 16.3 Å². The van der Waals surface area contributed by atoms with Gasteiger partial charge in [0.1, 0.15) is 18.3 Å². The first-order valence-electron chi connectivity index (χ1n) is 12.7. The monoisotopic (exact) mass is 571 g/mol. The highest BCUT2D eigenvalue weighted by Gasteiger charge is 2.33. The minimum Gasteiger partial charge on any atom is -0.492 e. The summed E-state index contributed by atoms with van der Waals surface area (Å²) < 4.78 is 34.7. The van der Waals surface area contributed by atoms with Gasteiger partial charge in [-0.05, 0) is 63.6 Å². The SMILES string of the molecule is CCNC(=O)C(C)N(Cc1ccccc1Cl)C(=O)CN(c1ccccc1OCC)S(=O)(=O)c1ccc(C)cc1. The molecule has 1 atom stereocenters. The van der Waals surface area contributed by atoms with E-state index >= 15 is 0 Å². The second-order valence-electron chi connectivity index (χ2n) is 8.91. The third-order valence-electron chi connectivity index (χ3n) is 6.14. The van der Waals surface area contributed by atoms with Crippen molar-refractivity contribution in [1.29, 1.82) is 0 Å². The summed E-state index contributed by atoms with van der Waals surface area (Å²) in [6.45, 7) is 7.18. The average Bonchev–Trinajstić information content (AvgIpc) is 2.91. The Bertz CT molecular complexity index is 1400. The number of ether oxygens (including phenoxy) is 1. The Morgan fingerprint density at radius 3 is 2.26 bits per heavy atom. The van der Waals surface area contributed by atoms with E-state index in [1.54, 1.807) is 81.4 Å². The number of carbonyl (C=O) groups is 2. The number of rotatable bonds is 12. The van der Waals surface area contributed by atoms with Crippen LogP contribution >= 0.6 is 11.6 Å². The standard InChI is InChI=1S/C29H34ClN3O5S/c1-5-31-29(35)22(4)32(19-23-11-7-8-12-25(23)30)28(34)20-33(26-13-9-10-14-27(26)38-6-2)39(36,37)24-17-15-21(3)16-18-24/h7-18,22H,5-6,19-20H2,1-4H3,(H,31,35). The van der Waals surface area contributed by atoms with Crippen LogP contribution in [0.5, 0.6) is 5.75 Å². The van der Waals surface area contributed by atoms with Crippen LogP contribution in [0, 0.1) is 6.92 Å². The Morgan fingerprint density at radius 1 is 0.974 bits per heavy atom. The van der Waals surface area contributed by atoms with Gasteiger partial charge in [0.05, 0.1) is 17.2 Å². The number of nitrogens with one attached hydrogen (secondary N) is 1. The summed E-state index contributed by atoms with van der Waals surface area (Å²) in [5.41, 5.74) is 1.75. The molecule has 0 aliphatic carbocycles. The van der Waals surface area contributed by atoms with Gasteiger partial charge in [-0.25, -0.2) is 8.42 Å². The van der Waals surface area contributed by atoms with Crippen molar-refractivity contribution in [3.63, 3.8) is 0 Å². The second kappa shape index (κ2) is 13.5. The molecule has 0 saturated heterocycles. The van der Waals surface area contributed by atoms with Crippen LogP contribution in [0.3, 0.4) is 0 Å². The molecule has 39 heavy (non-hydrogen) atoms. The molecule has 2 amide bonds. The maximum Gasteiger partial charge on any atom is 0.264 e. The fourth-order valence-electron chi connectivity index (χ4n) is 4.01. The summed E-state index contributed by atoms with van der Waals surface area (Å²) in [6, 6.07) is 19.2. The number of aryl methyl sites for hydroxylation is 1. The zero-order valence-electron chi connectivity index (χ0n) is 22.6. The third kappa shape index (κ3) is 7.30. The molecule has 0 saturated carbocycles. The molecular weight excluding hydrogens is 538 g/mol. The first-order valence-corrected chi connectivity index (χ1v) is 14.5. The van der Waals surface area contributed by atoms with Gasteiger partial charge in [-0.2, -0.15) is 0 Å². The molecule has 8 nitrogen and oxygen atoms in total. The summed E-state index contributed by atoms with van der Waals surface area (Å²) in [6.07, 6.45) is 0. The number of likely N-dealkylation sites (N-methyl/N-ethyl adjacent to an activating group) is 1. The largest absolute Gasteiger partial charge is 0.492 e. The van der Waals surface area contributed by atoms with Gasteiger partial charge in [0.15, 0.2) is 0 Å². The normalized spacial score (nSPS) is 11.9. The summed E-state index contributed by atoms with van der Waals surface area (Å²) in [5, 5.41) is 3.17. The van der Waals surface area contributed by atoms with Crippen LogP contribution < -0.4 is 14.4 Å². The van der Waals surface area contributed by atoms with Gasteiger partial charge in [-0.1, -0.05) is 59.6 Å². The van der Waals surface area contributed by atoms with Crippen LogP contribution in [0.4, 0.5) is 5.69 Å². The summed E-state index contributed by atoms with van der Waals surface area (Å²) >= 11 is 6.38. The number of para-hydroxylation sites is 2. The van der Waals surface area contributed by atoms with Gasteiger partial charge >= 0.3 is 0 Å². The first kappa shape index (κ1) is 30.0. The molecule has 0 aliphatic heterocycles. The van der Waals surface area contributed by atoms with Crippen molar-refractivity contribution < 1.29 is 22.7 Å². The molecule has 3 aromatic rings. The van der Waals surface area contributed by atoms with Crippen LogP contribution in [-0.4, -0.2) is 50.9 Å². The molecule has 0 spiro atoms. The third-order valence-corrected chi connectivity index (χ3v) is 8.28. The van der Waals surface area contributed by atoms with Crippen LogP contribution in [0.15, 0.2) is 77.7 Å². The molecule has 3 rings (SSSR count). The number of amides is 2. The van der Waals surface area contributed by atoms with E-state index in [1.165, 1.54) is 17.0 Å². The quantitative estimate of drug-likeness (QED) is 0.337. The zero-order chi connectivity index (χ0) is 28.6. The number of hydrogen-bond donors (Lipinski definition) is 1. The second-order valence-corrected chi connectivity index (χ2v) is 11.2. The number of sulfonamides is 1. The molecule has 1 N–H and O–H groups in total. The number of hydrogen-bond acceptors (Lipinski definition) is 5. The van der Waals surface area contributed by atoms with Gasteiger partial charge in [-0.3, -0.25) is 13.9 Å². The molecule has 0 radical (unpaired) electrons. The van der Waals surface area contributed by atoms with Crippen molar-refractivity contribution in [1.82, 2.24) is 10.2 Å². The highest BCUT2D eigenvalue weighted by atomic mass is 35.5. The van der Waals surface area contributed by atoms with E-state index in [0.29, 0.717) is 29.5 Å². The lowest BCUT2D eigenvalue weighted by molar-refractivity contribution is -0.139. The van der Waals surface area contributed by atoms with E-state index in [0.717, 1.165) is 9.87 Å². The van der Waals surface area contributed by atoms with E-state index in [-0.39, 0.29) is 23.0 Å².